The van der Waals surface area contributed by atoms with Crippen molar-refractivity contribution in [3.05, 3.63) is 57.6 Å². The number of nitrogens with zero attached hydrogens (tertiary/aromatic N) is 1. The van der Waals surface area contributed by atoms with Gasteiger partial charge in [0.2, 0.25) is 0 Å². The zero-order valence-electron chi connectivity index (χ0n) is 9.27. The van der Waals surface area contributed by atoms with Crippen LogP contribution in [-0.2, 0) is 17.9 Å². The molecule has 17 heavy (non-hydrogen) atoms. The second-order valence-corrected chi connectivity index (χ2v) is 5.47. The normalized spacial score (nSPS) is 13.6. The van der Waals surface area contributed by atoms with Gasteiger partial charge in [0.1, 0.15) is 10.5 Å². The molecule has 2 heterocycles. The van der Waals surface area contributed by atoms with Crippen LogP contribution in [-0.4, -0.2) is 9.97 Å². The Labute approximate surface area is 109 Å². The van der Waals surface area contributed by atoms with Gasteiger partial charge in [-0.3, -0.25) is 0 Å². The molecule has 3 rings (SSSR count). The van der Waals surface area contributed by atoms with E-state index >= 15 is 0 Å². The number of thioether (sulfide) groups is 1. The Kier molecular flexibility index (Phi) is 2.99. The lowest BCUT2D eigenvalue weighted by atomic mass is 10.1. The molecule has 2 nitrogen and oxygen atoms in total. The van der Waals surface area contributed by atoms with Gasteiger partial charge >= 0.3 is 0 Å². The monoisotopic (exact) mass is 260 g/mol. The Morgan fingerprint density at radius 3 is 2.88 bits per heavy atom. The minimum Gasteiger partial charge on any atom is -0.346 e. The van der Waals surface area contributed by atoms with E-state index in [-0.39, 0.29) is 0 Å². The summed E-state index contributed by atoms with van der Waals surface area (Å²) in [7, 11) is 0. The molecule has 1 aromatic heterocycles. The Hall–Kier alpha value is -1.13. The quantitative estimate of drug-likeness (QED) is 0.838. The first kappa shape index (κ1) is 11.0. The molecule has 86 valence electrons. The van der Waals surface area contributed by atoms with E-state index in [4.69, 9.17) is 12.2 Å². The summed E-state index contributed by atoms with van der Waals surface area (Å²) < 4.78 is 0.773. The van der Waals surface area contributed by atoms with E-state index in [1.54, 1.807) is 0 Å². The van der Waals surface area contributed by atoms with Crippen LogP contribution in [0.3, 0.4) is 0 Å². The second kappa shape index (κ2) is 4.63. The molecule has 0 atom stereocenters. The number of hydrogen-bond donors (Lipinski definition) is 1. The summed E-state index contributed by atoms with van der Waals surface area (Å²) in [5.41, 5.74) is 3.75. The van der Waals surface area contributed by atoms with Gasteiger partial charge in [-0.2, -0.15) is 11.8 Å². The minimum absolute atomic E-state index is 0.773. The van der Waals surface area contributed by atoms with Crippen LogP contribution in [0.5, 0.6) is 0 Å². The summed E-state index contributed by atoms with van der Waals surface area (Å²) in [6, 6.07) is 10.3. The predicted molar refractivity (Wildman–Crippen MR) is 73.7 cm³/mol. The smallest absolute Gasteiger partial charge is 0.134 e. The summed E-state index contributed by atoms with van der Waals surface area (Å²) in [6.45, 7) is 0. The van der Waals surface area contributed by atoms with Crippen LogP contribution < -0.4 is 0 Å². The molecule has 1 N–H and O–H groups in total. The molecule has 0 saturated heterocycles. The van der Waals surface area contributed by atoms with Gasteiger partial charge in [-0.1, -0.05) is 42.5 Å². The number of benzene rings is 1. The van der Waals surface area contributed by atoms with E-state index in [0.29, 0.717) is 0 Å². The van der Waals surface area contributed by atoms with E-state index in [2.05, 4.69) is 22.1 Å². The third kappa shape index (κ3) is 2.28. The predicted octanol–water partition coefficient (Wildman–Crippen LogP) is 3.48. The zero-order chi connectivity index (χ0) is 11.7. The largest absolute Gasteiger partial charge is 0.346 e. The number of fused-ring (bicyclic) bond motifs is 1. The van der Waals surface area contributed by atoms with Gasteiger partial charge in [0, 0.05) is 29.2 Å². The lowest BCUT2D eigenvalue weighted by molar-refractivity contribution is 0.919. The van der Waals surface area contributed by atoms with Crippen molar-refractivity contribution in [3.8, 4) is 0 Å². The topological polar surface area (TPSA) is 28.7 Å². The summed E-state index contributed by atoms with van der Waals surface area (Å²) in [6.07, 6.45) is 0.822. The van der Waals surface area contributed by atoms with Crippen LogP contribution >= 0.6 is 24.0 Å². The number of nitrogens with one attached hydrogen (secondary N) is 1. The maximum atomic E-state index is 5.34. The highest BCUT2D eigenvalue weighted by atomic mass is 32.2. The standard InChI is InChI=1S/C13H12N2S2/c16-13-10-7-17-8-11(10)14-12(15-13)6-9-4-2-1-3-5-9/h1-5H,6-8H2,(H,14,15,16). The molecule has 1 aromatic carbocycles. The van der Waals surface area contributed by atoms with Gasteiger partial charge in [0.15, 0.2) is 0 Å². The van der Waals surface area contributed by atoms with Gasteiger partial charge in [0.05, 0.1) is 0 Å². The van der Waals surface area contributed by atoms with Crippen LogP contribution in [0.1, 0.15) is 22.6 Å². The fraction of sp³-hybridized carbons (Fsp3) is 0.231. The highest BCUT2D eigenvalue weighted by molar-refractivity contribution is 7.98. The number of hydrogen-bond acceptors (Lipinski definition) is 3. The number of rotatable bonds is 2. The van der Waals surface area contributed by atoms with E-state index in [0.717, 1.165) is 28.4 Å². The van der Waals surface area contributed by atoms with Crippen molar-refractivity contribution < 1.29 is 0 Å². The van der Waals surface area contributed by atoms with E-state index in [9.17, 15) is 0 Å². The number of aromatic nitrogens is 2. The Morgan fingerprint density at radius 1 is 1.24 bits per heavy atom. The number of H-pyrrole nitrogens is 1. The third-order valence-electron chi connectivity index (χ3n) is 2.86. The molecular formula is C13H12N2S2. The molecule has 4 heteroatoms. The summed E-state index contributed by atoms with van der Waals surface area (Å²) in [5.74, 6) is 3.01. The third-order valence-corrected chi connectivity index (χ3v) is 4.18. The summed E-state index contributed by atoms with van der Waals surface area (Å²) >= 11 is 7.23. The Morgan fingerprint density at radius 2 is 2.06 bits per heavy atom. The van der Waals surface area contributed by atoms with Crippen molar-refractivity contribution in [2.75, 3.05) is 0 Å². The first-order chi connectivity index (χ1) is 8.33. The highest BCUT2D eigenvalue weighted by Gasteiger charge is 2.15. The van der Waals surface area contributed by atoms with Crippen LogP contribution in [0, 0.1) is 4.64 Å². The molecule has 0 spiro atoms. The van der Waals surface area contributed by atoms with E-state index < -0.39 is 0 Å². The maximum Gasteiger partial charge on any atom is 0.134 e. The Balaban J connectivity index is 1.95. The molecule has 1 aliphatic heterocycles. The molecule has 0 bridgehead atoms. The maximum absolute atomic E-state index is 5.34. The van der Waals surface area contributed by atoms with Gasteiger partial charge in [-0.25, -0.2) is 4.98 Å². The first-order valence-corrected chi connectivity index (χ1v) is 7.12. The SMILES string of the molecule is S=c1nc(Cc2ccccc2)[nH]c2c1CSC2. The van der Waals surface area contributed by atoms with Crippen LogP contribution in [0.25, 0.3) is 0 Å². The van der Waals surface area contributed by atoms with Crippen molar-refractivity contribution in [3.63, 3.8) is 0 Å². The van der Waals surface area contributed by atoms with Crippen molar-refractivity contribution in [1.29, 1.82) is 0 Å². The van der Waals surface area contributed by atoms with Crippen LogP contribution in [0.15, 0.2) is 30.3 Å². The second-order valence-electron chi connectivity index (χ2n) is 4.10. The molecule has 2 aromatic rings. The molecule has 1 aliphatic rings. The average molecular weight is 260 g/mol. The van der Waals surface area contributed by atoms with Gasteiger partial charge in [-0.15, -0.1) is 0 Å². The minimum atomic E-state index is 0.773. The molecule has 0 aliphatic carbocycles. The fourth-order valence-corrected chi connectivity index (χ4v) is 3.46. The van der Waals surface area contributed by atoms with Gasteiger partial charge in [-0.05, 0) is 5.56 Å². The lowest BCUT2D eigenvalue weighted by Gasteiger charge is -2.05. The van der Waals surface area contributed by atoms with Gasteiger partial charge < -0.3 is 4.98 Å². The van der Waals surface area contributed by atoms with Crippen molar-refractivity contribution in [1.82, 2.24) is 9.97 Å². The fourth-order valence-electron chi connectivity index (χ4n) is 2.00. The zero-order valence-corrected chi connectivity index (χ0v) is 10.9. The van der Waals surface area contributed by atoms with Crippen molar-refractivity contribution in [2.24, 2.45) is 0 Å². The lowest BCUT2D eigenvalue weighted by Crippen LogP contribution is -2.01. The highest BCUT2D eigenvalue weighted by Crippen LogP contribution is 2.28. The van der Waals surface area contributed by atoms with Crippen molar-refractivity contribution in [2.45, 2.75) is 17.9 Å². The van der Waals surface area contributed by atoms with E-state index in [1.807, 2.05) is 30.0 Å². The average Bonchev–Trinajstić information content (AvgIpc) is 2.79. The van der Waals surface area contributed by atoms with Crippen LogP contribution in [0.4, 0.5) is 0 Å². The van der Waals surface area contributed by atoms with E-state index in [1.165, 1.54) is 16.8 Å². The summed E-state index contributed by atoms with van der Waals surface area (Å²) in [5, 5.41) is 0. The van der Waals surface area contributed by atoms with Crippen molar-refractivity contribution >= 4 is 24.0 Å². The molecular weight excluding hydrogens is 248 g/mol. The molecule has 0 amide bonds. The molecule has 0 unspecified atom stereocenters. The molecule has 0 radical (unpaired) electrons. The van der Waals surface area contributed by atoms with Crippen LogP contribution in [0.2, 0.25) is 0 Å². The molecule has 0 fully saturated rings. The summed E-state index contributed by atoms with van der Waals surface area (Å²) in [4.78, 5) is 7.90. The van der Waals surface area contributed by atoms with Gasteiger partial charge in [0.25, 0.3) is 0 Å². The Bertz CT molecular complexity index is 590. The number of aromatic amines is 1. The first-order valence-electron chi connectivity index (χ1n) is 5.55. The molecule has 0 saturated carbocycles.